The number of halogens is 2. The first-order valence-corrected chi connectivity index (χ1v) is 7.36. The molecule has 6 heteroatoms. The van der Waals surface area contributed by atoms with Crippen LogP contribution in [0.3, 0.4) is 0 Å². The average Bonchev–Trinajstić information content (AvgIpc) is 2.42. The van der Waals surface area contributed by atoms with Crippen LogP contribution < -0.4 is 15.8 Å². The minimum Gasteiger partial charge on any atom is -0.484 e. The third-order valence-corrected chi connectivity index (χ3v) is 3.58. The first-order chi connectivity index (χ1) is 9.95. The highest BCUT2D eigenvalue weighted by atomic mass is 79.9. The summed E-state index contributed by atoms with van der Waals surface area (Å²) in [6.45, 7) is 1.73. The third kappa shape index (κ3) is 4.37. The van der Waals surface area contributed by atoms with E-state index < -0.39 is 0 Å². The van der Waals surface area contributed by atoms with E-state index in [0.29, 0.717) is 22.1 Å². The zero-order valence-electron chi connectivity index (χ0n) is 11.3. The molecule has 110 valence electrons. The number of amides is 1. The molecule has 0 bridgehead atoms. The summed E-state index contributed by atoms with van der Waals surface area (Å²) in [5.41, 5.74) is 7.59. The molecule has 0 saturated carbocycles. The molecule has 4 nitrogen and oxygen atoms in total. The molecule has 2 aromatic rings. The highest BCUT2D eigenvalue weighted by Gasteiger charge is 2.10. The number of nitrogens with one attached hydrogen (secondary N) is 1. The molecule has 1 amide bonds. The number of nitrogen functional groups attached to an aromatic ring is 1. The summed E-state index contributed by atoms with van der Waals surface area (Å²) >= 11 is 9.40. The molecule has 0 aliphatic carbocycles. The maximum atomic E-state index is 11.9. The van der Waals surface area contributed by atoms with E-state index in [1.165, 1.54) is 0 Å². The van der Waals surface area contributed by atoms with Gasteiger partial charge >= 0.3 is 0 Å². The topological polar surface area (TPSA) is 64.3 Å². The third-order valence-electron chi connectivity index (χ3n) is 2.76. The fourth-order valence-electron chi connectivity index (χ4n) is 1.78. The number of carbonyl (C=O) groups excluding carboxylic acids is 1. The molecule has 2 aromatic carbocycles. The maximum Gasteiger partial charge on any atom is 0.262 e. The van der Waals surface area contributed by atoms with Gasteiger partial charge in [-0.3, -0.25) is 4.79 Å². The number of anilines is 2. The Kier molecular flexibility index (Phi) is 5.09. The van der Waals surface area contributed by atoms with Gasteiger partial charge < -0.3 is 15.8 Å². The second-order valence-corrected chi connectivity index (χ2v) is 5.81. The van der Waals surface area contributed by atoms with Crippen LogP contribution in [-0.2, 0) is 4.79 Å². The number of ether oxygens (including phenoxy) is 1. The van der Waals surface area contributed by atoms with Crippen LogP contribution in [0.1, 0.15) is 5.56 Å². The predicted molar refractivity (Wildman–Crippen MR) is 88.9 cm³/mol. The van der Waals surface area contributed by atoms with Crippen molar-refractivity contribution in [3.05, 3.63) is 51.5 Å². The van der Waals surface area contributed by atoms with Gasteiger partial charge in [-0.05, 0) is 48.9 Å². The van der Waals surface area contributed by atoms with E-state index in [2.05, 4.69) is 21.2 Å². The lowest BCUT2D eigenvalue weighted by atomic mass is 10.2. The lowest BCUT2D eigenvalue weighted by Crippen LogP contribution is -2.21. The van der Waals surface area contributed by atoms with Crippen LogP contribution in [0, 0.1) is 6.92 Å². The summed E-state index contributed by atoms with van der Waals surface area (Å²) in [4.78, 5) is 11.9. The number of nitrogens with two attached hydrogens (primary N) is 1. The second kappa shape index (κ2) is 6.83. The average molecular weight is 370 g/mol. The first-order valence-electron chi connectivity index (χ1n) is 6.19. The van der Waals surface area contributed by atoms with Crippen LogP contribution in [0.25, 0.3) is 0 Å². The lowest BCUT2D eigenvalue weighted by molar-refractivity contribution is -0.118. The smallest absolute Gasteiger partial charge is 0.262 e. The standard InChI is InChI=1S/C15H14BrClN2O2/c1-9-6-11(18)7-13(17)15(9)19-14(20)8-21-12-4-2-10(16)3-5-12/h2-7H,8,18H2,1H3,(H,19,20). The van der Waals surface area contributed by atoms with E-state index in [1.807, 2.05) is 19.1 Å². The molecule has 0 unspecified atom stereocenters. The van der Waals surface area contributed by atoms with E-state index in [4.69, 9.17) is 22.1 Å². The van der Waals surface area contributed by atoms with Gasteiger partial charge in [0.1, 0.15) is 5.75 Å². The first kappa shape index (κ1) is 15.7. The number of carbonyl (C=O) groups is 1. The molecule has 2 rings (SSSR count). The summed E-state index contributed by atoms with van der Waals surface area (Å²) in [7, 11) is 0. The van der Waals surface area contributed by atoms with Crippen LogP contribution in [-0.4, -0.2) is 12.5 Å². The van der Waals surface area contributed by atoms with Gasteiger partial charge in [0, 0.05) is 10.2 Å². The van der Waals surface area contributed by atoms with Crippen molar-refractivity contribution in [3.63, 3.8) is 0 Å². The molecule has 0 spiro atoms. The fourth-order valence-corrected chi connectivity index (χ4v) is 2.37. The molecular weight excluding hydrogens is 356 g/mol. The predicted octanol–water partition coefficient (Wildman–Crippen LogP) is 4.01. The van der Waals surface area contributed by atoms with E-state index >= 15 is 0 Å². The molecule has 0 aliphatic heterocycles. The quantitative estimate of drug-likeness (QED) is 0.800. The van der Waals surface area contributed by atoms with Crippen molar-refractivity contribution in [1.29, 1.82) is 0 Å². The Balaban J connectivity index is 1.97. The zero-order valence-corrected chi connectivity index (χ0v) is 13.7. The zero-order chi connectivity index (χ0) is 15.4. The van der Waals surface area contributed by atoms with E-state index in [9.17, 15) is 4.79 Å². The van der Waals surface area contributed by atoms with E-state index in [0.717, 1.165) is 10.0 Å². The van der Waals surface area contributed by atoms with Crippen LogP contribution in [0.4, 0.5) is 11.4 Å². The Labute approximate surface area is 136 Å². The lowest BCUT2D eigenvalue weighted by Gasteiger charge is -2.12. The van der Waals surface area contributed by atoms with Crippen LogP contribution in [0.15, 0.2) is 40.9 Å². The fraction of sp³-hybridized carbons (Fsp3) is 0.133. The summed E-state index contributed by atoms with van der Waals surface area (Å²) in [5, 5.41) is 3.13. The van der Waals surface area contributed by atoms with Gasteiger partial charge in [0.2, 0.25) is 0 Å². The normalized spacial score (nSPS) is 10.2. The molecule has 3 N–H and O–H groups in total. The molecule has 21 heavy (non-hydrogen) atoms. The molecule has 0 fully saturated rings. The molecule has 0 atom stereocenters. The van der Waals surface area contributed by atoms with Crippen molar-refractivity contribution in [3.8, 4) is 5.75 Å². The van der Waals surface area contributed by atoms with Crippen molar-refractivity contribution in [1.82, 2.24) is 0 Å². The summed E-state index contributed by atoms with van der Waals surface area (Å²) < 4.78 is 6.35. The van der Waals surface area contributed by atoms with Crippen molar-refractivity contribution in [2.45, 2.75) is 6.92 Å². The van der Waals surface area contributed by atoms with Crippen molar-refractivity contribution in [2.75, 3.05) is 17.7 Å². The monoisotopic (exact) mass is 368 g/mol. The van der Waals surface area contributed by atoms with Crippen molar-refractivity contribution >= 4 is 44.8 Å². The largest absolute Gasteiger partial charge is 0.484 e. The SMILES string of the molecule is Cc1cc(N)cc(Cl)c1NC(=O)COc1ccc(Br)cc1. The number of aryl methyl sites for hydroxylation is 1. The van der Waals surface area contributed by atoms with Crippen LogP contribution >= 0.6 is 27.5 Å². The van der Waals surface area contributed by atoms with Crippen LogP contribution in [0.5, 0.6) is 5.75 Å². The maximum absolute atomic E-state index is 11.9. The Morgan fingerprint density at radius 1 is 1.33 bits per heavy atom. The highest BCUT2D eigenvalue weighted by molar-refractivity contribution is 9.10. The van der Waals surface area contributed by atoms with Crippen LogP contribution in [0.2, 0.25) is 5.02 Å². The summed E-state index contributed by atoms with van der Waals surface area (Å²) in [6.07, 6.45) is 0. The van der Waals surface area contributed by atoms with Gasteiger partial charge in [-0.25, -0.2) is 0 Å². The van der Waals surface area contributed by atoms with E-state index in [1.54, 1.807) is 24.3 Å². The van der Waals surface area contributed by atoms with E-state index in [-0.39, 0.29) is 12.5 Å². The minimum atomic E-state index is -0.285. The summed E-state index contributed by atoms with van der Waals surface area (Å²) in [5.74, 6) is 0.334. The Morgan fingerprint density at radius 3 is 2.62 bits per heavy atom. The van der Waals surface area contributed by atoms with Crippen molar-refractivity contribution < 1.29 is 9.53 Å². The number of hydrogen-bond donors (Lipinski definition) is 2. The van der Waals surface area contributed by atoms with Gasteiger partial charge in [0.05, 0.1) is 10.7 Å². The van der Waals surface area contributed by atoms with Gasteiger partial charge in [0.25, 0.3) is 5.91 Å². The summed E-state index contributed by atoms with van der Waals surface area (Å²) in [6, 6.07) is 10.6. The van der Waals surface area contributed by atoms with Gasteiger partial charge in [0.15, 0.2) is 6.61 Å². The molecule has 0 saturated heterocycles. The Bertz CT molecular complexity index is 636. The van der Waals surface area contributed by atoms with Gasteiger partial charge in [-0.1, -0.05) is 27.5 Å². The van der Waals surface area contributed by atoms with Gasteiger partial charge in [-0.15, -0.1) is 0 Å². The molecule has 0 aliphatic rings. The Morgan fingerprint density at radius 2 is 2.00 bits per heavy atom. The van der Waals surface area contributed by atoms with Gasteiger partial charge in [-0.2, -0.15) is 0 Å². The molecular formula is C15H14BrClN2O2. The number of rotatable bonds is 4. The molecule has 0 radical (unpaired) electrons. The second-order valence-electron chi connectivity index (χ2n) is 4.49. The molecule has 0 aromatic heterocycles. The highest BCUT2D eigenvalue weighted by Crippen LogP contribution is 2.28. The van der Waals surface area contributed by atoms with Crippen molar-refractivity contribution in [2.24, 2.45) is 0 Å². The number of benzene rings is 2. The number of hydrogen-bond acceptors (Lipinski definition) is 3. The Hall–Kier alpha value is -1.72. The minimum absolute atomic E-state index is 0.0955. The molecule has 0 heterocycles.